The lowest BCUT2D eigenvalue weighted by molar-refractivity contribution is -0.384. The number of nitrogens with one attached hydrogen (secondary N) is 1. The molecule has 0 aliphatic carbocycles. The van der Waals surface area contributed by atoms with Gasteiger partial charge in [0.15, 0.2) is 6.61 Å². The van der Waals surface area contributed by atoms with Gasteiger partial charge in [0, 0.05) is 37.8 Å². The van der Waals surface area contributed by atoms with Crippen molar-refractivity contribution in [3.63, 3.8) is 0 Å². The van der Waals surface area contributed by atoms with E-state index in [1.54, 1.807) is 11.0 Å². The van der Waals surface area contributed by atoms with Gasteiger partial charge in [-0.05, 0) is 11.6 Å². The molecule has 2 aromatic rings. The zero-order valence-electron chi connectivity index (χ0n) is 16.4. The molecule has 3 rings (SSSR count). The second kappa shape index (κ2) is 9.85. The normalized spacial score (nSPS) is 13.5. The Kier molecular flexibility index (Phi) is 6.98. The van der Waals surface area contributed by atoms with Crippen LogP contribution in [-0.2, 0) is 16.1 Å². The maximum Gasteiger partial charge on any atom is 0.341 e. The maximum atomic E-state index is 14.7. The number of carbonyl (C=O) groups excluding carboxylic acids is 1. The van der Waals surface area contributed by atoms with E-state index in [0.29, 0.717) is 31.9 Å². The number of amides is 1. The lowest BCUT2D eigenvalue weighted by Crippen LogP contribution is -2.37. The van der Waals surface area contributed by atoms with Crippen LogP contribution >= 0.6 is 0 Å². The number of carbonyl (C=O) groups is 2. The number of carboxylic acid groups (broad SMARTS) is 1. The Morgan fingerprint density at radius 2 is 2.00 bits per heavy atom. The van der Waals surface area contributed by atoms with E-state index in [0.717, 1.165) is 6.07 Å². The van der Waals surface area contributed by atoms with Crippen LogP contribution in [0, 0.1) is 15.9 Å². The van der Waals surface area contributed by atoms with E-state index in [-0.39, 0.29) is 29.2 Å². The van der Waals surface area contributed by atoms with Crippen molar-refractivity contribution in [2.75, 3.05) is 37.8 Å². The number of rotatable bonds is 8. The summed E-state index contributed by atoms with van der Waals surface area (Å²) in [6.07, 6.45) is 0. The van der Waals surface area contributed by atoms with Gasteiger partial charge in [-0.1, -0.05) is 12.1 Å². The van der Waals surface area contributed by atoms with E-state index in [9.17, 15) is 24.1 Å². The topological polar surface area (TPSA) is 131 Å². The third-order valence-corrected chi connectivity index (χ3v) is 4.57. The summed E-state index contributed by atoms with van der Waals surface area (Å²) in [5.74, 6) is -2.78. The standard InChI is InChI=1S/C20H20FN3O7/c21-16-10-18(31-12-19(25)26)15(9-17(16)23-4-6-30-7-5-23)20(27)22-11-13-2-1-3-14(8-13)24(28)29/h1-3,8-10H,4-7,11-12H2,(H,22,27)(H,25,26). The molecule has 1 aliphatic heterocycles. The van der Waals surface area contributed by atoms with Crippen molar-refractivity contribution in [1.29, 1.82) is 0 Å². The molecule has 31 heavy (non-hydrogen) atoms. The molecule has 0 saturated carbocycles. The first-order valence-electron chi connectivity index (χ1n) is 9.37. The van der Waals surface area contributed by atoms with Gasteiger partial charge in [-0.3, -0.25) is 14.9 Å². The van der Waals surface area contributed by atoms with Crippen LogP contribution in [0.3, 0.4) is 0 Å². The lowest BCUT2D eigenvalue weighted by Gasteiger charge is -2.29. The average Bonchev–Trinajstić information content (AvgIpc) is 2.76. The third kappa shape index (κ3) is 5.66. The SMILES string of the molecule is O=C(O)COc1cc(F)c(N2CCOCC2)cc1C(=O)NCc1cccc([N+](=O)[O-])c1. The molecular weight excluding hydrogens is 413 g/mol. The van der Waals surface area contributed by atoms with Crippen LogP contribution < -0.4 is 15.0 Å². The number of halogens is 1. The van der Waals surface area contributed by atoms with E-state index < -0.39 is 29.2 Å². The molecule has 1 amide bonds. The number of aliphatic carboxylic acids is 1. The fourth-order valence-electron chi connectivity index (χ4n) is 3.08. The molecule has 1 fully saturated rings. The van der Waals surface area contributed by atoms with Crippen molar-refractivity contribution in [3.05, 3.63) is 63.5 Å². The van der Waals surface area contributed by atoms with Crippen LogP contribution in [0.15, 0.2) is 36.4 Å². The molecule has 10 nitrogen and oxygen atoms in total. The highest BCUT2D eigenvalue weighted by molar-refractivity contribution is 5.98. The van der Waals surface area contributed by atoms with Gasteiger partial charge in [0.25, 0.3) is 11.6 Å². The van der Waals surface area contributed by atoms with Crippen molar-refractivity contribution in [2.45, 2.75) is 6.54 Å². The Labute approximate surface area is 176 Å². The second-order valence-corrected chi connectivity index (χ2v) is 6.69. The van der Waals surface area contributed by atoms with Crippen LogP contribution in [-0.4, -0.2) is 54.8 Å². The van der Waals surface area contributed by atoms with Crippen LogP contribution in [0.2, 0.25) is 0 Å². The van der Waals surface area contributed by atoms with Crippen LogP contribution in [0.5, 0.6) is 5.75 Å². The number of nitro groups is 1. The number of hydrogen-bond donors (Lipinski definition) is 2. The molecule has 1 aliphatic rings. The van der Waals surface area contributed by atoms with Gasteiger partial charge in [0.2, 0.25) is 0 Å². The Morgan fingerprint density at radius 3 is 2.68 bits per heavy atom. The highest BCUT2D eigenvalue weighted by Gasteiger charge is 2.22. The van der Waals surface area contributed by atoms with Crippen LogP contribution in [0.1, 0.15) is 15.9 Å². The molecule has 0 bridgehead atoms. The summed E-state index contributed by atoms with van der Waals surface area (Å²) in [5.41, 5.74) is 0.501. The summed E-state index contributed by atoms with van der Waals surface area (Å²) >= 11 is 0. The van der Waals surface area contributed by atoms with Gasteiger partial charge < -0.3 is 24.8 Å². The number of hydrogen-bond acceptors (Lipinski definition) is 7. The minimum Gasteiger partial charge on any atom is -0.481 e. The van der Waals surface area contributed by atoms with Gasteiger partial charge in [0.05, 0.1) is 29.4 Å². The maximum absolute atomic E-state index is 14.7. The predicted octanol–water partition coefficient (Wildman–Crippen LogP) is 1.96. The molecule has 2 N–H and O–H groups in total. The predicted molar refractivity (Wildman–Crippen MR) is 107 cm³/mol. The number of nitro benzene ring substituents is 1. The largest absolute Gasteiger partial charge is 0.481 e. The molecule has 1 saturated heterocycles. The monoisotopic (exact) mass is 433 g/mol. The summed E-state index contributed by atoms with van der Waals surface area (Å²) in [6, 6.07) is 8.05. The number of carboxylic acids is 1. The van der Waals surface area contributed by atoms with Crippen molar-refractivity contribution >= 4 is 23.3 Å². The number of ether oxygens (including phenoxy) is 2. The molecule has 0 radical (unpaired) electrons. The highest BCUT2D eigenvalue weighted by Crippen LogP contribution is 2.29. The number of anilines is 1. The van der Waals surface area contributed by atoms with Crippen LogP contribution in [0.25, 0.3) is 0 Å². The second-order valence-electron chi connectivity index (χ2n) is 6.69. The first-order chi connectivity index (χ1) is 14.8. The number of non-ortho nitro benzene ring substituents is 1. The molecule has 2 aromatic carbocycles. The Morgan fingerprint density at radius 1 is 1.26 bits per heavy atom. The molecular formula is C20H20FN3O7. The summed E-state index contributed by atoms with van der Waals surface area (Å²) in [7, 11) is 0. The minimum absolute atomic E-state index is 0.0247. The summed E-state index contributed by atoms with van der Waals surface area (Å²) in [5, 5.41) is 22.4. The molecule has 0 atom stereocenters. The van der Waals surface area contributed by atoms with Crippen LogP contribution in [0.4, 0.5) is 15.8 Å². The van der Waals surface area contributed by atoms with Gasteiger partial charge in [-0.25, -0.2) is 9.18 Å². The molecule has 11 heteroatoms. The Bertz CT molecular complexity index is 993. The number of morpholine rings is 1. The fraction of sp³-hybridized carbons (Fsp3) is 0.300. The summed E-state index contributed by atoms with van der Waals surface area (Å²) in [6.45, 7) is 0.905. The Balaban J connectivity index is 1.84. The zero-order valence-corrected chi connectivity index (χ0v) is 16.4. The van der Waals surface area contributed by atoms with Gasteiger partial charge >= 0.3 is 5.97 Å². The first kappa shape index (κ1) is 22.0. The first-order valence-corrected chi connectivity index (χ1v) is 9.37. The van der Waals surface area contributed by atoms with E-state index in [1.807, 2.05) is 0 Å². The van der Waals surface area contributed by atoms with Crippen molar-refractivity contribution in [3.8, 4) is 5.75 Å². The average molecular weight is 433 g/mol. The molecule has 0 aromatic heterocycles. The molecule has 1 heterocycles. The van der Waals surface area contributed by atoms with Gasteiger partial charge in [-0.2, -0.15) is 0 Å². The minimum atomic E-state index is -1.28. The van der Waals surface area contributed by atoms with Crippen molar-refractivity contribution < 1.29 is 33.5 Å². The highest BCUT2D eigenvalue weighted by atomic mass is 19.1. The summed E-state index contributed by atoms with van der Waals surface area (Å²) in [4.78, 5) is 35.7. The zero-order chi connectivity index (χ0) is 22.4. The molecule has 0 unspecified atom stereocenters. The van der Waals surface area contributed by atoms with E-state index in [4.69, 9.17) is 14.6 Å². The van der Waals surface area contributed by atoms with Gasteiger partial charge in [0.1, 0.15) is 11.6 Å². The van der Waals surface area contributed by atoms with Gasteiger partial charge in [-0.15, -0.1) is 0 Å². The number of benzene rings is 2. The molecule has 0 spiro atoms. The quantitative estimate of drug-likeness (QED) is 0.477. The number of nitrogens with zero attached hydrogens (tertiary/aromatic N) is 2. The van der Waals surface area contributed by atoms with E-state index >= 15 is 0 Å². The summed E-state index contributed by atoms with van der Waals surface area (Å²) < 4.78 is 25.0. The molecule has 164 valence electrons. The van der Waals surface area contributed by atoms with Crippen molar-refractivity contribution in [2.24, 2.45) is 0 Å². The van der Waals surface area contributed by atoms with Crippen molar-refractivity contribution in [1.82, 2.24) is 5.32 Å². The smallest absolute Gasteiger partial charge is 0.341 e. The van der Waals surface area contributed by atoms with E-state index in [1.165, 1.54) is 24.3 Å². The third-order valence-electron chi connectivity index (χ3n) is 4.57. The fourth-order valence-corrected chi connectivity index (χ4v) is 3.08. The Hall–Kier alpha value is -3.73. The van der Waals surface area contributed by atoms with E-state index in [2.05, 4.69) is 5.32 Å². The lowest BCUT2D eigenvalue weighted by atomic mass is 10.1.